The highest BCUT2D eigenvalue weighted by molar-refractivity contribution is 5.90. The Balaban J connectivity index is 2.05. The number of primary amides is 1. The first kappa shape index (κ1) is 24.7. The van der Waals surface area contributed by atoms with Crippen LogP contribution in [0.25, 0.3) is 0 Å². The molecule has 0 aliphatic rings. The summed E-state index contributed by atoms with van der Waals surface area (Å²) >= 11 is 0. The molecule has 2 rings (SSSR count). The molecule has 0 heterocycles. The maximum Gasteiger partial charge on any atom is 0.408 e. The summed E-state index contributed by atoms with van der Waals surface area (Å²) in [6.45, 7) is 3.89. The van der Waals surface area contributed by atoms with Gasteiger partial charge >= 0.3 is 6.09 Å². The molecule has 2 atom stereocenters. The van der Waals surface area contributed by atoms with Crippen molar-refractivity contribution >= 4 is 17.9 Å². The number of ether oxygens (including phenoxy) is 2. The van der Waals surface area contributed by atoms with Crippen LogP contribution in [0.1, 0.15) is 31.4 Å². The largest absolute Gasteiger partial charge is 0.497 e. The summed E-state index contributed by atoms with van der Waals surface area (Å²) in [4.78, 5) is 37.1. The van der Waals surface area contributed by atoms with Crippen LogP contribution in [0.2, 0.25) is 0 Å². The molecule has 8 nitrogen and oxygen atoms in total. The van der Waals surface area contributed by atoms with E-state index in [-0.39, 0.29) is 18.9 Å². The quantitative estimate of drug-likeness (QED) is 0.495. The summed E-state index contributed by atoms with van der Waals surface area (Å²) in [7, 11) is 1.57. The number of amides is 3. The fourth-order valence-corrected chi connectivity index (χ4v) is 3.10. The molecule has 0 saturated carbocycles. The number of hydrogen-bond donors (Lipinski definition) is 3. The fourth-order valence-electron chi connectivity index (χ4n) is 3.10. The number of nitrogens with two attached hydrogens (primary N) is 1. The molecule has 0 spiro atoms. The number of benzene rings is 2. The van der Waals surface area contributed by atoms with E-state index in [4.69, 9.17) is 15.2 Å². The van der Waals surface area contributed by atoms with Crippen LogP contribution in [0.4, 0.5) is 4.79 Å². The van der Waals surface area contributed by atoms with Gasteiger partial charge < -0.3 is 25.8 Å². The third-order valence-electron chi connectivity index (χ3n) is 4.79. The Hall–Kier alpha value is -3.55. The lowest BCUT2D eigenvalue weighted by Crippen LogP contribution is -2.54. The molecule has 0 radical (unpaired) electrons. The summed E-state index contributed by atoms with van der Waals surface area (Å²) in [6, 6.07) is 14.6. The molecule has 0 saturated heterocycles. The third kappa shape index (κ3) is 8.29. The Kier molecular flexibility index (Phi) is 9.53. The number of methoxy groups -OCH3 is 1. The van der Waals surface area contributed by atoms with Crippen LogP contribution in [-0.2, 0) is 27.4 Å². The number of carbonyl (C=O) groups is 3. The minimum absolute atomic E-state index is 0.0345. The highest BCUT2D eigenvalue weighted by atomic mass is 16.5. The van der Waals surface area contributed by atoms with Gasteiger partial charge in [-0.25, -0.2) is 4.79 Å². The van der Waals surface area contributed by atoms with Crippen molar-refractivity contribution in [1.82, 2.24) is 10.6 Å². The van der Waals surface area contributed by atoms with Gasteiger partial charge in [0.25, 0.3) is 0 Å². The molecule has 2 aromatic rings. The Labute approximate surface area is 188 Å². The monoisotopic (exact) mass is 441 g/mol. The van der Waals surface area contributed by atoms with Crippen LogP contribution in [0.15, 0.2) is 54.6 Å². The van der Waals surface area contributed by atoms with E-state index in [2.05, 4.69) is 10.6 Å². The zero-order chi connectivity index (χ0) is 23.5. The maximum atomic E-state index is 12.9. The lowest BCUT2D eigenvalue weighted by molar-refractivity contribution is -0.128. The van der Waals surface area contributed by atoms with E-state index in [1.54, 1.807) is 31.4 Å². The van der Waals surface area contributed by atoms with Gasteiger partial charge in [0.1, 0.15) is 24.4 Å². The summed E-state index contributed by atoms with van der Waals surface area (Å²) in [5.41, 5.74) is 7.07. The average Bonchev–Trinajstić information content (AvgIpc) is 2.77. The molecule has 2 aromatic carbocycles. The average molecular weight is 442 g/mol. The Morgan fingerprint density at radius 3 is 2.12 bits per heavy atom. The van der Waals surface area contributed by atoms with E-state index in [0.717, 1.165) is 11.1 Å². The summed E-state index contributed by atoms with van der Waals surface area (Å²) in [5, 5.41) is 5.27. The highest BCUT2D eigenvalue weighted by Gasteiger charge is 2.27. The number of hydrogen-bond acceptors (Lipinski definition) is 5. The molecule has 8 heteroatoms. The minimum atomic E-state index is -0.935. The number of carbonyl (C=O) groups excluding carboxylic acids is 3. The molecule has 0 unspecified atom stereocenters. The molecular weight excluding hydrogens is 410 g/mol. The van der Waals surface area contributed by atoms with Gasteiger partial charge in [0.15, 0.2) is 0 Å². The van der Waals surface area contributed by atoms with Crippen LogP contribution >= 0.6 is 0 Å². The van der Waals surface area contributed by atoms with Gasteiger partial charge in [0.05, 0.1) is 7.11 Å². The number of alkyl carbamates (subject to hydrolysis) is 1. The third-order valence-corrected chi connectivity index (χ3v) is 4.79. The van der Waals surface area contributed by atoms with Crippen LogP contribution in [-0.4, -0.2) is 37.1 Å². The van der Waals surface area contributed by atoms with Crippen LogP contribution in [0.5, 0.6) is 5.75 Å². The predicted octanol–water partition coefficient (Wildman–Crippen LogP) is 2.55. The summed E-state index contributed by atoms with van der Waals surface area (Å²) < 4.78 is 10.4. The second kappa shape index (κ2) is 12.3. The smallest absolute Gasteiger partial charge is 0.408 e. The van der Waals surface area contributed by atoms with E-state index in [1.807, 2.05) is 44.2 Å². The number of nitrogens with one attached hydrogen (secondary N) is 2. The van der Waals surface area contributed by atoms with E-state index in [1.165, 1.54) is 0 Å². The molecule has 0 aliphatic carbocycles. The van der Waals surface area contributed by atoms with E-state index < -0.39 is 30.0 Å². The highest BCUT2D eigenvalue weighted by Crippen LogP contribution is 2.12. The Morgan fingerprint density at radius 1 is 0.906 bits per heavy atom. The molecule has 0 bridgehead atoms. The van der Waals surface area contributed by atoms with Gasteiger partial charge in [-0.3, -0.25) is 9.59 Å². The van der Waals surface area contributed by atoms with Gasteiger partial charge in [-0.15, -0.1) is 0 Å². The first-order chi connectivity index (χ1) is 15.3. The van der Waals surface area contributed by atoms with Gasteiger partial charge in [0, 0.05) is 6.42 Å². The second-order valence-electron chi connectivity index (χ2n) is 7.90. The van der Waals surface area contributed by atoms with Gasteiger partial charge in [-0.2, -0.15) is 0 Å². The lowest BCUT2D eigenvalue weighted by atomic mass is 10.0. The van der Waals surface area contributed by atoms with Crippen LogP contribution < -0.4 is 21.1 Å². The van der Waals surface area contributed by atoms with Crippen molar-refractivity contribution in [3.8, 4) is 5.75 Å². The molecule has 3 amide bonds. The minimum Gasteiger partial charge on any atom is -0.497 e. The van der Waals surface area contributed by atoms with E-state index in [9.17, 15) is 14.4 Å². The van der Waals surface area contributed by atoms with Crippen molar-refractivity contribution < 1.29 is 23.9 Å². The van der Waals surface area contributed by atoms with Gasteiger partial charge in [-0.1, -0.05) is 56.3 Å². The number of rotatable bonds is 11. The zero-order valence-corrected chi connectivity index (χ0v) is 18.7. The zero-order valence-electron chi connectivity index (χ0n) is 18.7. The fraction of sp³-hybridized carbons (Fsp3) is 0.375. The normalized spacial score (nSPS) is 12.5. The predicted molar refractivity (Wildman–Crippen MR) is 121 cm³/mol. The van der Waals surface area contributed by atoms with E-state index in [0.29, 0.717) is 12.2 Å². The molecular formula is C24H31N3O5. The molecule has 0 aliphatic heterocycles. The summed E-state index contributed by atoms with van der Waals surface area (Å²) in [6.07, 6.45) is -0.102. The maximum absolute atomic E-state index is 12.9. The topological polar surface area (TPSA) is 120 Å². The van der Waals surface area contributed by atoms with Crippen LogP contribution in [0.3, 0.4) is 0 Å². The first-order valence-electron chi connectivity index (χ1n) is 10.5. The Morgan fingerprint density at radius 2 is 1.56 bits per heavy atom. The van der Waals surface area contributed by atoms with Gasteiger partial charge in [0.2, 0.25) is 11.8 Å². The van der Waals surface area contributed by atoms with E-state index >= 15 is 0 Å². The first-order valence-corrected chi connectivity index (χ1v) is 10.5. The molecule has 0 fully saturated rings. The second-order valence-corrected chi connectivity index (χ2v) is 7.90. The van der Waals surface area contributed by atoms with Crippen molar-refractivity contribution in [2.24, 2.45) is 11.7 Å². The Bertz CT molecular complexity index is 884. The SMILES string of the molecule is COc1ccc(COC(=O)N[C@@H](Cc2ccccc2)C(=O)N[C@@H](CC(C)C)C(N)=O)cc1. The molecule has 172 valence electrons. The van der Waals surface area contributed by atoms with Crippen molar-refractivity contribution in [2.75, 3.05) is 7.11 Å². The lowest BCUT2D eigenvalue weighted by Gasteiger charge is -2.23. The van der Waals surface area contributed by atoms with Crippen molar-refractivity contribution in [1.29, 1.82) is 0 Å². The standard InChI is InChI=1S/C24H31N3O5/c1-16(2)13-20(22(25)28)26-23(29)21(14-17-7-5-4-6-8-17)27-24(30)32-15-18-9-11-19(31-3)12-10-18/h4-12,16,20-21H,13-15H2,1-3H3,(H2,25,28)(H,26,29)(H,27,30)/t20-,21-/m0/s1. The molecule has 0 aromatic heterocycles. The van der Waals surface area contributed by atoms with Gasteiger partial charge in [-0.05, 0) is 35.6 Å². The van der Waals surface area contributed by atoms with Crippen molar-refractivity contribution in [3.63, 3.8) is 0 Å². The van der Waals surface area contributed by atoms with Crippen molar-refractivity contribution in [3.05, 3.63) is 65.7 Å². The van der Waals surface area contributed by atoms with Crippen molar-refractivity contribution in [2.45, 2.75) is 45.4 Å². The molecule has 4 N–H and O–H groups in total. The van der Waals surface area contributed by atoms with Crippen LogP contribution in [0, 0.1) is 5.92 Å². The molecule has 32 heavy (non-hydrogen) atoms. The summed E-state index contributed by atoms with van der Waals surface area (Å²) in [5.74, 6) is -0.265.